The first-order valence-electron chi connectivity index (χ1n) is 6.76. The van der Waals surface area contributed by atoms with Crippen molar-refractivity contribution in [1.29, 1.82) is 0 Å². The van der Waals surface area contributed by atoms with Gasteiger partial charge in [-0.2, -0.15) is 0 Å². The van der Waals surface area contributed by atoms with Crippen LogP contribution in [0.25, 0.3) is 0 Å². The first-order chi connectivity index (χ1) is 10.1. The van der Waals surface area contributed by atoms with Crippen LogP contribution in [0.2, 0.25) is 0 Å². The normalized spacial score (nSPS) is 16.6. The molecule has 1 unspecified atom stereocenters. The van der Waals surface area contributed by atoms with E-state index in [0.29, 0.717) is 19.0 Å². The Morgan fingerprint density at radius 2 is 2.14 bits per heavy atom. The number of likely N-dealkylation sites (N-methyl/N-ethyl adjacent to an activating group) is 1. The first kappa shape index (κ1) is 13.5. The number of rotatable bonds is 3. The van der Waals surface area contributed by atoms with Crippen molar-refractivity contribution >= 4 is 5.82 Å². The summed E-state index contributed by atoms with van der Waals surface area (Å²) >= 11 is 0. The third-order valence-electron chi connectivity index (χ3n) is 3.41. The van der Waals surface area contributed by atoms with Crippen LogP contribution in [0.5, 0.6) is 11.5 Å². The molecule has 2 heterocycles. The second-order valence-electron chi connectivity index (χ2n) is 5.05. The van der Waals surface area contributed by atoms with Gasteiger partial charge in [0, 0.05) is 26.5 Å². The van der Waals surface area contributed by atoms with Gasteiger partial charge in [0.25, 0.3) is 5.56 Å². The summed E-state index contributed by atoms with van der Waals surface area (Å²) in [6.45, 7) is 0.981. The summed E-state index contributed by atoms with van der Waals surface area (Å²) < 4.78 is 13.1. The number of para-hydroxylation sites is 2. The van der Waals surface area contributed by atoms with Crippen molar-refractivity contribution in [3.63, 3.8) is 0 Å². The highest BCUT2D eigenvalue weighted by Gasteiger charge is 2.23. The maximum atomic E-state index is 12.0. The molecule has 21 heavy (non-hydrogen) atoms. The van der Waals surface area contributed by atoms with Crippen LogP contribution in [0, 0.1) is 0 Å². The molecule has 0 aliphatic carbocycles. The van der Waals surface area contributed by atoms with E-state index in [1.807, 2.05) is 31.3 Å². The Kier molecular flexibility index (Phi) is 3.51. The van der Waals surface area contributed by atoms with Crippen LogP contribution in [0.4, 0.5) is 5.82 Å². The Hall–Kier alpha value is -2.50. The van der Waals surface area contributed by atoms with Crippen molar-refractivity contribution in [3.8, 4) is 11.5 Å². The Labute approximate surface area is 122 Å². The minimum Gasteiger partial charge on any atom is -0.486 e. The summed E-state index contributed by atoms with van der Waals surface area (Å²) in [5.74, 6) is 1.89. The number of fused-ring (bicyclic) bond motifs is 1. The topological polar surface area (TPSA) is 56.6 Å². The third-order valence-corrected chi connectivity index (χ3v) is 3.41. The SMILES string of the molecule is CN(CC1COc2ccccc2O1)c1nccn(C)c1=O. The Bertz CT molecular complexity index is 699. The molecule has 0 saturated carbocycles. The molecule has 1 aromatic carbocycles. The molecule has 0 bridgehead atoms. The number of aryl methyl sites for hydroxylation is 1. The van der Waals surface area contributed by atoms with E-state index < -0.39 is 0 Å². The van der Waals surface area contributed by atoms with Crippen molar-refractivity contribution in [2.75, 3.05) is 25.1 Å². The van der Waals surface area contributed by atoms with Crippen LogP contribution < -0.4 is 19.9 Å². The molecule has 0 fully saturated rings. The molecule has 0 spiro atoms. The van der Waals surface area contributed by atoms with Gasteiger partial charge in [0.05, 0.1) is 6.54 Å². The van der Waals surface area contributed by atoms with E-state index in [0.717, 1.165) is 11.5 Å². The minimum absolute atomic E-state index is 0.128. The predicted octanol–water partition coefficient (Wildman–Crippen LogP) is 1.06. The van der Waals surface area contributed by atoms with Gasteiger partial charge in [0.1, 0.15) is 6.61 Å². The van der Waals surface area contributed by atoms with Gasteiger partial charge in [-0.05, 0) is 12.1 Å². The number of anilines is 1. The molecule has 110 valence electrons. The number of aromatic nitrogens is 2. The van der Waals surface area contributed by atoms with E-state index in [1.54, 1.807) is 24.3 Å². The second-order valence-corrected chi connectivity index (χ2v) is 5.05. The van der Waals surface area contributed by atoms with Gasteiger partial charge in [-0.1, -0.05) is 12.1 Å². The van der Waals surface area contributed by atoms with Crippen LogP contribution in [0.15, 0.2) is 41.5 Å². The molecule has 1 aromatic heterocycles. The number of benzene rings is 1. The maximum absolute atomic E-state index is 12.0. The molecule has 0 amide bonds. The van der Waals surface area contributed by atoms with Crippen molar-refractivity contribution in [2.24, 2.45) is 7.05 Å². The van der Waals surface area contributed by atoms with Gasteiger partial charge < -0.3 is 18.9 Å². The van der Waals surface area contributed by atoms with Crippen molar-refractivity contribution in [3.05, 3.63) is 47.0 Å². The van der Waals surface area contributed by atoms with E-state index in [1.165, 1.54) is 4.57 Å². The third kappa shape index (κ3) is 2.69. The zero-order valence-electron chi connectivity index (χ0n) is 12.0. The monoisotopic (exact) mass is 287 g/mol. The lowest BCUT2D eigenvalue weighted by Gasteiger charge is -2.29. The largest absolute Gasteiger partial charge is 0.486 e. The fraction of sp³-hybridized carbons (Fsp3) is 0.333. The van der Waals surface area contributed by atoms with Crippen molar-refractivity contribution in [2.45, 2.75) is 6.10 Å². The number of hydrogen-bond donors (Lipinski definition) is 0. The highest BCUT2D eigenvalue weighted by atomic mass is 16.6. The molecule has 3 rings (SSSR count). The molecule has 1 aliphatic rings. The van der Waals surface area contributed by atoms with Gasteiger partial charge in [-0.15, -0.1) is 0 Å². The molecule has 0 N–H and O–H groups in total. The van der Waals surface area contributed by atoms with Gasteiger partial charge in [-0.25, -0.2) is 4.98 Å². The van der Waals surface area contributed by atoms with Gasteiger partial charge in [-0.3, -0.25) is 4.79 Å². The van der Waals surface area contributed by atoms with Crippen LogP contribution in [0.1, 0.15) is 0 Å². The average Bonchev–Trinajstić information content (AvgIpc) is 2.50. The summed E-state index contributed by atoms with van der Waals surface area (Å²) in [6.07, 6.45) is 3.10. The number of hydrogen-bond acceptors (Lipinski definition) is 5. The van der Waals surface area contributed by atoms with E-state index in [-0.39, 0.29) is 11.7 Å². The fourth-order valence-electron chi connectivity index (χ4n) is 2.29. The predicted molar refractivity (Wildman–Crippen MR) is 79.1 cm³/mol. The van der Waals surface area contributed by atoms with E-state index in [2.05, 4.69) is 4.98 Å². The average molecular weight is 287 g/mol. The standard InChI is InChI=1S/C15H17N3O3/c1-17-8-7-16-14(15(17)19)18(2)9-11-10-20-12-5-3-4-6-13(12)21-11/h3-8,11H,9-10H2,1-2H3. The zero-order chi connectivity index (χ0) is 14.8. The summed E-state index contributed by atoms with van der Waals surface area (Å²) in [4.78, 5) is 18.0. The van der Waals surface area contributed by atoms with E-state index >= 15 is 0 Å². The molecule has 0 saturated heterocycles. The number of ether oxygens (including phenoxy) is 2. The fourth-order valence-corrected chi connectivity index (χ4v) is 2.29. The molecule has 1 aliphatic heterocycles. The highest BCUT2D eigenvalue weighted by molar-refractivity contribution is 5.41. The van der Waals surface area contributed by atoms with Crippen LogP contribution in [-0.2, 0) is 7.05 Å². The lowest BCUT2D eigenvalue weighted by molar-refractivity contribution is 0.0959. The maximum Gasteiger partial charge on any atom is 0.293 e. The molecular weight excluding hydrogens is 270 g/mol. The summed E-state index contributed by atoms with van der Waals surface area (Å²) in [6, 6.07) is 7.57. The first-order valence-corrected chi connectivity index (χ1v) is 6.76. The number of nitrogens with zero attached hydrogens (tertiary/aromatic N) is 3. The summed E-state index contributed by atoms with van der Waals surface area (Å²) in [5, 5.41) is 0. The minimum atomic E-state index is -0.142. The Morgan fingerprint density at radius 3 is 2.95 bits per heavy atom. The molecule has 2 aromatic rings. The molecule has 6 heteroatoms. The highest BCUT2D eigenvalue weighted by Crippen LogP contribution is 2.31. The zero-order valence-corrected chi connectivity index (χ0v) is 12.0. The molecule has 6 nitrogen and oxygen atoms in total. The lowest BCUT2D eigenvalue weighted by atomic mass is 10.2. The molecule has 1 atom stereocenters. The van der Waals surface area contributed by atoms with Gasteiger partial charge >= 0.3 is 0 Å². The molecular formula is C15H17N3O3. The van der Waals surface area contributed by atoms with Crippen LogP contribution in [-0.4, -0.2) is 35.9 Å². The van der Waals surface area contributed by atoms with Gasteiger partial charge in [0.15, 0.2) is 23.4 Å². The van der Waals surface area contributed by atoms with Crippen LogP contribution in [0.3, 0.4) is 0 Å². The smallest absolute Gasteiger partial charge is 0.293 e. The summed E-state index contributed by atoms with van der Waals surface area (Å²) in [5.41, 5.74) is -0.128. The van der Waals surface area contributed by atoms with Crippen molar-refractivity contribution in [1.82, 2.24) is 9.55 Å². The quantitative estimate of drug-likeness (QED) is 0.845. The van der Waals surface area contributed by atoms with Crippen LogP contribution >= 0.6 is 0 Å². The summed E-state index contributed by atoms with van der Waals surface area (Å²) in [7, 11) is 3.53. The van der Waals surface area contributed by atoms with E-state index in [9.17, 15) is 4.79 Å². The lowest BCUT2D eigenvalue weighted by Crippen LogP contribution is -2.41. The second kappa shape index (κ2) is 5.47. The Morgan fingerprint density at radius 1 is 1.38 bits per heavy atom. The van der Waals surface area contributed by atoms with Crippen molar-refractivity contribution < 1.29 is 9.47 Å². The molecule has 0 radical (unpaired) electrons. The van der Waals surface area contributed by atoms with Gasteiger partial charge in [0.2, 0.25) is 0 Å². The van der Waals surface area contributed by atoms with E-state index in [4.69, 9.17) is 9.47 Å². The Balaban J connectivity index is 1.73.